The highest BCUT2D eigenvalue weighted by molar-refractivity contribution is 5.33. The molecule has 0 radical (unpaired) electrons. The van der Waals surface area contributed by atoms with E-state index in [0.29, 0.717) is 17.8 Å². The molecule has 0 saturated carbocycles. The molecule has 1 unspecified atom stereocenters. The van der Waals surface area contributed by atoms with Crippen LogP contribution in [0.5, 0.6) is 0 Å². The fourth-order valence-electron chi connectivity index (χ4n) is 2.26. The molecule has 0 spiro atoms. The van der Waals surface area contributed by atoms with Crippen LogP contribution in [0.15, 0.2) is 18.3 Å². The number of hydrogen-bond donors (Lipinski definition) is 1. The Morgan fingerprint density at radius 1 is 1.35 bits per heavy atom. The number of hydrogen-bond acceptors (Lipinski definition) is 3. The first-order chi connectivity index (χ1) is 9.60. The summed E-state index contributed by atoms with van der Waals surface area (Å²) in [5.41, 5.74) is 1.07. The molecular weight excluding hydrogens is 262 g/mol. The largest absolute Gasteiger partial charge is 0.308 e. The zero-order chi connectivity index (χ0) is 14.7. The monoisotopic (exact) mass is 280 g/mol. The van der Waals surface area contributed by atoms with Crippen LogP contribution >= 0.6 is 0 Å². The SMILES string of the molecule is CCCn1nncc1C(NC)c1c(F)ccc(C)c1F. The van der Waals surface area contributed by atoms with E-state index in [1.165, 1.54) is 18.3 Å². The van der Waals surface area contributed by atoms with Crippen LogP contribution in [0, 0.1) is 18.6 Å². The molecular formula is C14H18F2N4. The molecule has 2 aromatic rings. The van der Waals surface area contributed by atoms with Crippen molar-refractivity contribution in [3.63, 3.8) is 0 Å². The molecule has 0 bridgehead atoms. The normalized spacial score (nSPS) is 12.7. The third-order valence-electron chi connectivity index (χ3n) is 3.28. The van der Waals surface area contributed by atoms with Gasteiger partial charge in [-0.2, -0.15) is 0 Å². The van der Waals surface area contributed by atoms with Gasteiger partial charge in [0.2, 0.25) is 0 Å². The third-order valence-corrected chi connectivity index (χ3v) is 3.28. The van der Waals surface area contributed by atoms with Gasteiger partial charge in [-0.05, 0) is 32.0 Å². The van der Waals surface area contributed by atoms with Crippen LogP contribution in [0.3, 0.4) is 0 Å². The molecule has 0 saturated heterocycles. The van der Waals surface area contributed by atoms with E-state index in [9.17, 15) is 8.78 Å². The maximum Gasteiger partial charge on any atom is 0.134 e. The average molecular weight is 280 g/mol. The zero-order valence-corrected chi connectivity index (χ0v) is 11.8. The number of halogens is 2. The van der Waals surface area contributed by atoms with Crippen molar-refractivity contribution >= 4 is 0 Å². The van der Waals surface area contributed by atoms with E-state index in [0.717, 1.165) is 6.42 Å². The van der Waals surface area contributed by atoms with Gasteiger partial charge in [-0.15, -0.1) is 5.10 Å². The molecule has 1 N–H and O–H groups in total. The van der Waals surface area contributed by atoms with Gasteiger partial charge in [-0.25, -0.2) is 13.5 Å². The minimum absolute atomic E-state index is 0.00662. The standard InChI is InChI=1S/C14H18F2N4/c1-4-7-20-11(8-18-19-20)14(17-3)12-10(15)6-5-9(2)13(12)16/h5-6,8,14,17H,4,7H2,1-3H3. The van der Waals surface area contributed by atoms with Crippen molar-refractivity contribution < 1.29 is 8.78 Å². The summed E-state index contributed by atoms with van der Waals surface area (Å²) in [4.78, 5) is 0. The molecule has 2 rings (SSSR count). The van der Waals surface area contributed by atoms with Gasteiger partial charge in [0.15, 0.2) is 0 Å². The number of nitrogens with zero attached hydrogens (tertiary/aromatic N) is 3. The molecule has 6 heteroatoms. The topological polar surface area (TPSA) is 42.7 Å². The fourth-order valence-corrected chi connectivity index (χ4v) is 2.26. The highest BCUT2D eigenvalue weighted by Gasteiger charge is 2.25. The second-order valence-electron chi connectivity index (χ2n) is 4.70. The lowest BCUT2D eigenvalue weighted by Gasteiger charge is -2.19. The van der Waals surface area contributed by atoms with E-state index in [2.05, 4.69) is 15.6 Å². The number of rotatable bonds is 5. The van der Waals surface area contributed by atoms with Crippen LogP contribution in [-0.2, 0) is 6.54 Å². The Labute approximate surface area is 116 Å². The quantitative estimate of drug-likeness (QED) is 0.915. The van der Waals surface area contributed by atoms with Crippen LogP contribution in [0.25, 0.3) is 0 Å². The van der Waals surface area contributed by atoms with Gasteiger partial charge in [0.1, 0.15) is 11.6 Å². The minimum atomic E-state index is -0.614. The second kappa shape index (κ2) is 6.09. The van der Waals surface area contributed by atoms with E-state index < -0.39 is 17.7 Å². The summed E-state index contributed by atoms with van der Waals surface area (Å²) in [7, 11) is 1.66. The highest BCUT2D eigenvalue weighted by Crippen LogP contribution is 2.28. The summed E-state index contributed by atoms with van der Waals surface area (Å²) in [5, 5.41) is 10.8. The van der Waals surface area contributed by atoms with E-state index in [1.54, 1.807) is 18.7 Å². The van der Waals surface area contributed by atoms with E-state index >= 15 is 0 Å². The van der Waals surface area contributed by atoms with Crippen molar-refractivity contribution in [3.8, 4) is 0 Å². The van der Waals surface area contributed by atoms with Crippen molar-refractivity contribution in [2.45, 2.75) is 32.9 Å². The predicted octanol–water partition coefficient (Wildman–Crippen LogP) is 2.58. The van der Waals surface area contributed by atoms with Crippen molar-refractivity contribution in [2.24, 2.45) is 0 Å². The molecule has 1 heterocycles. The van der Waals surface area contributed by atoms with Crippen LogP contribution < -0.4 is 5.32 Å². The first kappa shape index (κ1) is 14.6. The van der Waals surface area contributed by atoms with Gasteiger partial charge in [0.25, 0.3) is 0 Å². The summed E-state index contributed by atoms with van der Waals surface area (Å²) in [6.07, 6.45) is 2.41. The highest BCUT2D eigenvalue weighted by atomic mass is 19.1. The Morgan fingerprint density at radius 3 is 2.75 bits per heavy atom. The van der Waals surface area contributed by atoms with E-state index in [1.807, 2.05) is 6.92 Å². The van der Waals surface area contributed by atoms with Gasteiger partial charge >= 0.3 is 0 Å². The Kier molecular flexibility index (Phi) is 4.44. The van der Waals surface area contributed by atoms with Crippen LogP contribution in [0.4, 0.5) is 8.78 Å². The smallest absolute Gasteiger partial charge is 0.134 e. The maximum absolute atomic E-state index is 14.3. The van der Waals surface area contributed by atoms with Crippen molar-refractivity contribution in [2.75, 3.05) is 7.05 Å². The summed E-state index contributed by atoms with van der Waals surface area (Å²) in [6.45, 7) is 4.28. The second-order valence-corrected chi connectivity index (χ2v) is 4.70. The molecule has 0 amide bonds. The first-order valence-electron chi connectivity index (χ1n) is 6.60. The molecule has 108 valence electrons. The molecule has 1 aromatic carbocycles. The Bertz CT molecular complexity index is 595. The average Bonchev–Trinajstić information content (AvgIpc) is 2.88. The van der Waals surface area contributed by atoms with Gasteiger partial charge in [0, 0.05) is 12.1 Å². The lowest BCUT2D eigenvalue weighted by atomic mass is 10.00. The number of nitrogens with one attached hydrogen (secondary N) is 1. The predicted molar refractivity (Wildman–Crippen MR) is 72.3 cm³/mol. The van der Waals surface area contributed by atoms with Gasteiger partial charge in [0.05, 0.1) is 17.9 Å². The molecule has 20 heavy (non-hydrogen) atoms. The number of benzene rings is 1. The summed E-state index contributed by atoms with van der Waals surface area (Å²) in [6, 6.07) is 2.10. The van der Waals surface area contributed by atoms with Crippen LogP contribution in [0.1, 0.15) is 36.2 Å². The molecule has 4 nitrogen and oxygen atoms in total. The van der Waals surface area contributed by atoms with Crippen LogP contribution in [0.2, 0.25) is 0 Å². The Hall–Kier alpha value is -1.82. The summed E-state index contributed by atoms with van der Waals surface area (Å²) in [5.74, 6) is -1.11. The fraction of sp³-hybridized carbons (Fsp3) is 0.429. The van der Waals surface area contributed by atoms with Gasteiger partial charge in [-0.1, -0.05) is 18.2 Å². The number of aryl methyl sites for hydroxylation is 2. The molecule has 0 aliphatic rings. The Balaban J connectivity index is 2.53. The van der Waals surface area contributed by atoms with Crippen LogP contribution in [-0.4, -0.2) is 22.0 Å². The van der Waals surface area contributed by atoms with Crippen molar-refractivity contribution in [1.82, 2.24) is 20.3 Å². The Morgan fingerprint density at radius 2 is 2.10 bits per heavy atom. The van der Waals surface area contributed by atoms with Crippen molar-refractivity contribution in [3.05, 3.63) is 46.8 Å². The molecule has 0 aliphatic carbocycles. The third kappa shape index (κ3) is 2.56. The molecule has 0 fully saturated rings. The lowest BCUT2D eigenvalue weighted by molar-refractivity contribution is 0.483. The van der Waals surface area contributed by atoms with E-state index in [4.69, 9.17) is 0 Å². The van der Waals surface area contributed by atoms with Gasteiger partial charge < -0.3 is 5.32 Å². The minimum Gasteiger partial charge on any atom is -0.308 e. The molecule has 0 aliphatic heterocycles. The first-order valence-corrected chi connectivity index (χ1v) is 6.60. The maximum atomic E-state index is 14.3. The lowest BCUT2D eigenvalue weighted by Crippen LogP contribution is -2.24. The zero-order valence-electron chi connectivity index (χ0n) is 11.8. The number of aromatic nitrogens is 3. The van der Waals surface area contributed by atoms with E-state index in [-0.39, 0.29) is 5.56 Å². The van der Waals surface area contributed by atoms with Crippen molar-refractivity contribution in [1.29, 1.82) is 0 Å². The summed E-state index contributed by atoms with van der Waals surface area (Å²) >= 11 is 0. The molecule has 1 atom stereocenters. The molecule has 1 aromatic heterocycles. The summed E-state index contributed by atoms with van der Waals surface area (Å²) < 4.78 is 30.0. The van der Waals surface area contributed by atoms with Gasteiger partial charge in [-0.3, -0.25) is 0 Å².